The molecular formula is C29H36N2O6S. The van der Waals surface area contributed by atoms with Crippen LogP contribution in [0.2, 0.25) is 0 Å². The number of methoxy groups -OCH3 is 1. The molecule has 2 aliphatic rings. The van der Waals surface area contributed by atoms with Crippen molar-refractivity contribution < 1.29 is 29.3 Å². The highest BCUT2D eigenvalue weighted by atomic mass is 32.2. The van der Waals surface area contributed by atoms with Crippen molar-refractivity contribution in [2.45, 2.75) is 37.1 Å². The van der Waals surface area contributed by atoms with Crippen LogP contribution in [0, 0.1) is 5.92 Å². The highest BCUT2D eigenvalue weighted by Crippen LogP contribution is 2.30. The second-order valence-corrected chi connectivity index (χ2v) is 10.5. The van der Waals surface area contributed by atoms with E-state index in [-0.39, 0.29) is 5.91 Å². The topological polar surface area (TPSA) is 107 Å². The van der Waals surface area contributed by atoms with E-state index in [2.05, 4.69) is 47.4 Å². The molecule has 2 aliphatic heterocycles. The third-order valence-electron chi connectivity index (χ3n) is 6.69. The number of hydrogen-bond acceptors (Lipinski definition) is 6. The second-order valence-electron chi connectivity index (χ2n) is 9.37. The van der Waals surface area contributed by atoms with E-state index in [9.17, 15) is 14.4 Å². The maximum absolute atomic E-state index is 12.9. The zero-order valence-electron chi connectivity index (χ0n) is 21.8. The molecule has 0 radical (unpaired) electrons. The van der Waals surface area contributed by atoms with Crippen molar-refractivity contribution in [3.8, 4) is 5.75 Å². The molecule has 2 N–H and O–H groups in total. The van der Waals surface area contributed by atoms with Gasteiger partial charge in [0, 0.05) is 48.9 Å². The fraction of sp³-hybridized carbons (Fsp3) is 0.414. The standard InChI is InChI=1S/C25H32N2O2S.C4H4O4/c1-29-23-7-8-24-22(18-23)19-27(15-16-30-24)25(28)11-14-26-12-9-21(10-13-26)17-20-5-3-2-4-6-20;5-3(6)1-2-4(7)8/h2-8,18,21H,9-17,19H2,1H3;1-2H,(H,5,6)(H,7,8). The summed E-state index contributed by atoms with van der Waals surface area (Å²) in [5, 5.41) is 15.6. The molecule has 8 nitrogen and oxygen atoms in total. The van der Waals surface area contributed by atoms with Crippen LogP contribution < -0.4 is 4.74 Å². The van der Waals surface area contributed by atoms with Gasteiger partial charge in [0.05, 0.1) is 7.11 Å². The number of hydrogen-bond donors (Lipinski definition) is 2. The maximum Gasteiger partial charge on any atom is 0.328 e. The SMILES string of the molecule is COc1ccc2c(c1)CN(C(=O)CCN1CCC(Cc3ccccc3)CC1)CCS2.O=C(O)C=CC(=O)O. The van der Waals surface area contributed by atoms with Gasteiger partial charge in [-0.2, -0.15) is 0 Å². The molecule has 2 aromatic rings. The zero-order valence-corrected chi connectivity index (χ0v) is 22.6. The molecule has 0 atom stereocenters. The van der Waals surface area contributed by atoms with Gasteiger partial charge in [0.2, 0.25) is 5.91 Å². The first-order valence-electron chi connectivity index (χ1n) is 12.8. The van der Waals surface area contributed by atoms with Crippen molar-refractivity contribution in [1.29, 1.82) is 0 Å². The number of carboxylic acids is 2. The average Bonchev–Trinajstić information content (AvgIpc) is 3.14. The first-order valence-corrected chi connectivity index (χ1v) is 13.8. The van der Waals surface area contributed by atoms with Gasteiger partial charge in [-0.3, -0.25) is 4.79 Å². The van der Waals surface area contributed by atoms with E-state index in [1.807, 2.05) is 22.7 Å². The summed E-state index contributed by atoms with van der Waals surface area (Å²) < 4.78 is 5.37. The summed E-state index contributed by atoms with van der Waals surface area (Å²) in [6.45, 7) is 4.62. The molecule has 0 aromatic heterocycles. The van der Waals surface area contributed by atoms with Crippen LogP contribution >= 0.6 is 11.8 Å². The molecule has 1 saturated heterocycles. The van der Waals surface area contributed by atoms with Gasteiger partial charge in [-0.15, -0.1) is 11.8 Å². The van der Waals surface area contributed by atoms with E-state index in [1.54, 1.807) is 7.11 Å². The summed E-state index contributed by atoms with van der Waals surface area (Å²) in [5.74, 6) is 0.351. The van der Waals surface area contributed by atoms with Crippen LogP contribution in [0.25, 0.3) is 0 Å². The number of piperidine rings is 1. The van der Waals surface area contributed by atoms with Crippen molar-refractivity contribution in [2.24, 2.45) is 5.92 Å². The predicted molar refractivity (Wildman–Crippen MR) is 147 cm³/mol. The molecule has 38 heavy (non-hydrogen) atoms. The minimum absolute atomic E-state index is 0.276. The lowest BCUT2D eigenvalue weighted by Crippen LogP contribution is -2.38. The largest absolute Gasteiger partial charge is 0.497 e. The minimum atomic E-state index is -1.26. The Hall–Kier alpha value is -3.30. The smallest absolute Gasteiger partial charge is 0.328 e. The van der Waals surface area contributed by atoms with Gasteiger partial charge in [0.25, 0.3) is 0 Å². The fourth-order valence-electron chi connectivity index (χ4n) is 4.63. The van der Waals surface area contributed by atoms with Crippen LogP contribution in [-0.4, -0.2) is 76.9 Å². The third-order valence-corrected chi connectivity index (χ3v) is 7.78. The minimum Gasteiger partial charge on any atom is -0.497 e. The number of thioether (sulfide) groups is 1. The number of benzene rings is 2. The highest BCUT2D eigenvalue weighted by molar-refractivity contribution is 7.99. The molecule has 9 heteroatoms. The number of likely N-dealkylation sites (tertiary alicyclic amines) is 1. The first-order chi connectivity index (χ1) is 18.3. The molecule has 4 rings (SSSR count). The quantitative estimate of drug-likeness (QED) is 0.480. The van der Waals surface area contributed by atoms with Gasteiger partial charge in [-0.05, 0) is 67.6 Å². The number of carbonyl (C=O) groups is 3. The summed E-state index contributed by atoms with van der Waals surface area (Å²) in [4.78, 5) is 37.8. The molecule has 1 fully saturated rings. The molecule has 1 amide bonds. The van der Waals surface area contributed by atoms with Crippen LogP contribution in [0.15, 0.2) is 65.6 Å². The first kappa shape index (κ1) is 29.3. The normalized spacial score (nSPS) is 16.2. The number of ether oxygens (including phenoxy) is 1. The fourth-order valence-corrected chi connectivity index (χ4v) is 5.63. The molecule has 0 spiro atoms. The van der Waals surface area contributed by atoms with Crippen molar-refractivity contribution in [2.75, 3.05) is 39.0 Å². The summed E-state index contributed by atoms with van der Waals surface area (Å²) in [6.07, 6.45) is 5.38. The monoisotopic (exact) mass is 540 g/mol. The number of nitrogens with zero attached hydrogens (tertiary/aromatic N) is 2. The van der Waals surface area contributed by atoms with E-state index in [1.165, 1.54) is 35.3 Å². The molecule has 0 saturated carbocycles. The average molecular weight is 541 g/mol. The summed E-state index contributed by atoms with van der Waals surface area (Å²) >= 11 is 1.84. The number of fused-ring (bicyclic) bond motifs is 1. The van der Waals surface area contributed by atoms with E-state index in [0.29, 0.717) is 25.1 Å². The Morgan fingerprint density at radius 1 is 1.00 bits per heavy atom. The molecule has 0 aliphatic carbocycles. The van der Waals surface area contributed by atoms with Gasteiger partial charge in [0.1, 0.15) is 5.75 Å². The number of rotatable bonds is 8. The number of aliphatic carboxylic acids is 2. The second kappa shape index (κ2) is 15.2. The van der Waals surface area contributed by atoms with Crippen molar-refractivity contribution in [3.05, 3.63) is 71.8 Å². The Kier molecular flexibility index (Phi) is 11.7. The lowest BCUT2D eigenvalue weighted by atomic mass is 9.90. The third kappa shape index (κ3) is 9.87. The summed E-state index contributed by atoms with van der Waals surface area (Å²) in [6, 6.07) is 17.0. The molecule has 0 unspecified atom stereocenters. The lowest BCUT2D eigenvalue weighted by molar-refractivity contribution is -0.134. The zero-order chi connectivity index (χ0) is 27.3. The van der Waals surface area contributed by atoms with Crippen LogP contribution in [0.4, 0.5) is 0 Å². The van der Waals surface area contributed by atoms with Crippen molar-refractivity contribution >= 4 is 29.6 Å². The molecular weight excluding hydrogens is 504 g/mol. The highest BCUT2D eigenvalue weighted by Gasteiger charge is 2.23. The number of carbonyl (C=O) groups excluding carboxylic acids is 1. The van der Waals surface area contributed by atoms with Gasteiger partial charge in [-0.1, -0.05) is 30.3 Å². The predicted octanol–water partition coefficient (Wildman–Crippen LogP) is 4.19. The molecule has 204 valence electrons. The Bertz CT molecular complexity index is 1080. The summed E-state index contributed by atoms with van der Waals surface area (Å²) in [5.41, 5.74) is 2.65. The Morgan fingerprint density at radius 2 is 1.68 bits per heavy atom. The van der Waals surface area contributed by atoms with Crippen molar-refractivity contribution in [1.82, 2.24) is 9.80 Å². The Balaban J connectivity index is 0.000000436. The van der Waals surface area contributed by atoms with E-state index in [4.69, 9.17) is 14.9 Å². The van der Waals surface area contributed by atoms with Crippen LogP contribution in [-0.2, 0) is 27.3 Å². The van der Waals surface area contributed by atoms with Crippen LogP contribution in [0.1, 0.15) is 30.4 Å². The lowest BCUT2D eigenvalue weighted by Gasteiger charge is -2.32. The van der Waals surface area contributed by atoms with Gasteiger partial charge >= 0.3 is 11.9 Å². The van der Waals surface area contributed by atoms with E-state index >= 15 is 0 Å². The van der Waals surface area contributed by atoms with Crippen molar-refractivity contribution in [3.63, 3.8) is 0 Å². The molecule has 2 aromatic carbocycles. The molecule has 2 heterocycles. The maximum atomic E-state index is 12.9. The number of amides is 1. The Morgan fingerprint density at radius 3 is 2.32 bits per heavy atom. The Labute approximate surface area is 228 Å². The van der Waals surface area contributed by atoms with Crippen LogP contribution in [0.3, 0.4) is 0 Å². The molecule has 0 bridgehead atoms. The van der Waals surface area contributed by atoms with E-state index < -0.39 is 11.9 Å². The van der Waals surface area contributed by atoms with Gasteiger partial charge in [-0.25, -0.2) is 9.59 Å². The van der Waals surface area contributed by atoms with Gasteiger partial charge < -0.3 is 24.7 Å². The number of carboxylic acid groups (broad SMARTS) is 2. The van der Waals surface area contributed by atoms with Crippen LogP contribution in [0.5, 0.6) is 5.75 Å². The van der Waals surface area contributed by atoms with Gasteiger partial charge in [0.15, 0.2) is 0 Å². The van der Waals surface area contributed by atoms with E-state index in [0.717, 1.165) is 43.6 Å². The summed E-state index contributed by atoms with van der Waals surface area (Å²) in [7, 11) is 1.69.